The summed E-state index contributed by atoms with van der Waals surface area (Å²) < 4.78 is 11.3. The highest BCUT2D eigenvalue weighted by Crippen LogP contribution is 2.40. The third-order valence-electron chi connectivity index (χ3n) is 2.79. The van der Waals surface area contributed by atoms with Gasteiger partial charge < -0.3 is 10.0 Å². The maximum absolute atomic E-state index is 11.3. The predicted octanol–water partition coefficient (Wildman–Crippen LogP) is 1.28. The Morgan fingerprint density at radius 3 is 2.67 bits per heavy atom. The van der Waals surface area contributed by atoms with Gasteiger partial charge in [0.25, 0.3) is 0 Å². The first kappa shape index (κ1) is 13.4. The van der Waals surface area contributed by atoms with Crippen LogP contribution in [-0.4, -0.2) is 38.8 Å². The van der Waals surface area contributed by atoms with E-state index in [2.05, 4.69) is 0 Å². The molecule has 1 atom stereocenters. The van der Waals surface area contributed by atoms with E-state index in [9.17, 15) is 19.4 Å². The third-order valence-corrected chi connectivity index (χ3v) is 5.42. The highest BCUT2D eigenvalue weighted by molar-refractivity contribution is 7.85. The molecule has 1 aromatic rings. The molecule has 8 heteroatoms. The lowest BCUT2D eigenvalue weighted by Crippen LogP contribution is -2.37. The molecule has 0 bridgehead atoms. The number of thiophene rings is 1. The summed E-state index contributed by atoms with van der Waals surface area (Å²) in [6.45, 7) is 2.71. The second-order valence-electron chi connectivity index (χ2n) is 4.11. The maximum Gasteiger partial charge on any atom is 0.304 e. The van der Waals surface area contributed by atoms with Crippen LogP contribution in [0, 0.1) is 10.1 Å². The van der Waals surface area contributed by atoms with Crippen molar-refractivity contribution < 1.29 is 14.2 Å². The van der Waals surface area contributed by atoms with Crippen LogP contribution in [0.3, 0.4) is 0 Å². The zero-order valence-corrected chi connectivity index (χ0v) is 11.5. The van der Waals surface area contributed by atoms with Gasteiger partial charge in [-0.2, -0.15) is 0 Å². The van der Waals surface area contributed by atoms with Crippen molar-refractivity contribution in [3.05, 3.63) is 21.1 Å². The van der Waals surface area contributed by atoms with E-state index in [0.717, 1.165) is 0 Å². The van der Waals surface area contributed by atoms with Crippen molar-refractivity contribution in [3.8, 4) is 0 Å². The lowest BCUT2D eigenvalue weighted by atomic mass is 10.3. The van der Waals surface area contributed by atoms with Gasteiger partial charge in [-0.25, -0.2) is 0 Å². The van der Waals surface area contributed by atoms with Crippen LogP contribution in [0.1, 0.15) is 17.9 Å². The average Bonchev–Trinajstić information content (AvgIpc) is 2.75. The molecule has 1 saturated heterocycles. The zero-order chi connectivity index (χ0) is 13.3. The van der Waals surface area contributed by atoms with Gasteiger partial charge in [-0.05, 0) is 6.92 Å². The number of nitrogens with zero attached hydrogens (tertiary/aromatic N) is 2. The van der Waals surface area contributed by atoms with E-state index in [1.165, 1.54) is 17.4 Å². The maximum atomic E-state index is 11.3. The van der Waals surface area contributed by atoms with Gasteiger partial charge in [-0.3, -0.25) is 14.3 Å². The van der Waals surface area contributed by atoms with Crippen LogP contribution in [0.15, 0.2) is 6.07 Å². The molecule has 0 saturated carbocycles. The second kappa shape index (κ2) is 5.33. The lowest BCUT2D eigenvalue weighted by molar-refractivity contribution is -0.383. The molecule has 1 fully saturated rings. The Kier molecular flexibility index (Phi) is 3.98. The van der Waals surface area contributed by atoms with Gasteiger partial charge in [0.05, 0.1) is 11.0 Å². The Balaban J connectivity index is 2.30. The van der Waals surface area contributed by atoms with E-state index >= 15 is 0 Å². The van der Waals surface area contributed by atoms with Gasteiger partial charge in [0.1, 0.15) is 0 Å². The number of hydrogen-bond donors (Lipinski definition) is 1. The molecule has 2 rings (SSSR count). The number of nitro groups is 1. The van der Waals surface area contributed by atoms with Crippen molar-refractivity contribution in [2.75, 3.05) is 29.5 Å². The summed E-state index contributed by atoms with van der Waals surface area (Å²) in [6, 6.07) is 1.43. The SMILES string of the molecule is C[C@@H](O)c1cc([N+](=O)[O-])c(N2CCS(=O)CC2)s1. The summed E-state index contributed by atoms with van der Waals surface area (Å²) >= 11 is 1.24. The Bertz CT molecular complexity index is 476. The van der Waals surface area contributed by atoms with Gasteiger partial charge in [0.15, 0.2) is 5.00 Å². The molecule has 0 spiro atoms. The molecule has 1 N–H and O–H groups in total. The number of aliphatic hydroxyl groups is 1. The molecule has 1 aliphatic rings. The summed E-state index contributed by atoms with van der Waals surface area (Å²) in [7, 11) is -0.810. The molecule has 1 aliphatic heterocycles. The van der Waals surface area contributed by atoms with E-state index in [1.54, 1.807) is 6.92 Å². The van der Waals surface area contributed by atoms with E-state index in [4.69, 9.17) is 0 Å². The van der Waals surface area contributed by atoms with E-state index in [0.29, 0.717) is 34.5 Å². The minimum atomic E-state index is -0.810. The average molecular weight is 290 g/mol. The molecule has 100 valence electrons. The first-order chi connectivity index (χ1) is 8.49. The molecule has 1 aromatic heterocycles. The van der Waals surface area contributed by atoms with Gasteiger partial charge in [0, 0.05) is 46.3 Å². The molecular weight excluding hydrogens is 276 g/mol. The molecule has 0 radical (unpaired) electrons. The smallest absolute Gasteiger partial charge is 0.304 e. The Morgan fingerprint density at radius 2 is 2.17 bits per heavy atom. The molecule has 0 amide bonds. The van der Waals surface area contributed by atoms with Crippen LogP contribution in [0.25, 0.3) is 0 Å². The molecule has 0 unspecified atom stereocenters. The van der Waals surface area contributed by atoms with Gasteiger partial charge >= 0.3 is 5.69 Å². The summed E-state index contributed by atoms with van der Waals surface area (Å²) in [5, 5.41) is 21.1. The van der Waals surface area contributed by atoms with E-state index in [1.807, 2.05) is 4.90 Å². The highest BCUT2D eigenvalue weighted by Gasteiger charge is 2.27. The fraction of sp³-hybridized carbons (Fsp3) is 0.600. The predicted molar refractivity (Wildman–Crippen MR) is 71.7 cm³/mol. The van der Waals surface area contributed by atoms with Crippen molar-refractivity contribution in [1.29, 1.82) is 0 Å². The lowest BCUT2D eigenvalue weighted by Gasteiger charge is -2.26. The fourth-order valence-electron chi connectivity index (χ4n) is 1.79. The van der Waals surface area contributed by atoms with Gasteiger partial charge in [0.2, 0.25) is 0 Å². The van der Waals surface area contributed by atoms with Gasteiger partial charge in [-0.15, -0.1) is 11.3 Å². The summed E-state index contributed by atoms with van der Waals surface area (Å²) in [5.74, 6) is 1.08. The Hall–Kier alpha value is -0.990. The first-order valence-electron chi connectivity index (χ1n) is 5.55. The third kappa shape index (κ3) is 2.70. The quantitative estimate of drug-likeness (QED) is 0.669. The highest BCUT2D eigenvalue weighted by atomic mass is 32.2. The molecule has 0 aliphatic carbocycles. The van der Waals surface area contributed by atoms with Crippen molar-refractivity contribution in [2.45, 2.75) is 13.0 Å². The Labute approximate surface area is 111 Å². The van der Waals surface area contributed by atoms with E-state index in [-0.39, 0.29) is 5.69 Å². The van der Waals surface area contributed by atoms with Crippen molar-refractivity contribution in [1.82, 2.24) is 0 Å². The summed E-state index contributed by atoms with van der Waals surface area (Å²) in [5.41, 5.74) is 0.0311. The normalized spacial score (nSPS) is 18.9. The van der Waals surface area contributed by atoms with Crippen LogP contribution in [-0.2, 0) is 10.8 Å². The summed E-state index contributed by atoms with van der Waals surface area (Å²) in [6.07, 6.45) is -0.707. The summed E-state index contributed by atoms with van der Waals surface area (Å²) in [4.78, 5) is 13.1. The van der Waals surface area contributed by atoms with Crippen LogP contribution in [0.2, 0.25) is 0 Å². The number of rotatable bonds is 3. The first-order valence-corrected chi connectivity index (χ1v) is 7.85. The van der Waals surface area contributed by atoms with Crippen LogP contribution >= 0.6 is 11.3 Å². The minimum absolute atomic E-state index is 0.0311. The van der Waals surface area contributed by atoms with Gasteiger partial charge in [-0.1, -0.05) is 0 Å². The molecule has 6 nitrogen and oxygen atoms in total. The molecular formula is C10H14N2O4S2. The Morgan fingerprint density at radius 1 is 1.56 bits per heavy atom. The van der Waals surface area contributed by atoms with Crippen molar-refractivity contribution in [2.24, 2.45) is 0 Å². The van der Waals surface area contributed by atoms with Crippen LogP contribution in [0.5, 0.6) is 0 Å². The minimum Gasteiger partial charge on any atom is -0.388 e. The van der Waals surface area contributed by atoms with Crippen molar-refractivity contribution >= 4 is 32.8 Å². The molecule has 18 heavy (non-hydrogen) atoms. The number of anilines is 1. The van der Waals surface area contributed by atoms with E-state index < -0.39 is 21.8 Å². The fourth-order valence-corrected chi connectivity index (χ4v) is 3.96. The largest absolute Gasteiger partial charge is 0.388 e. The second-order valence-corrected chi connectivity index (χ2v) is 6.87. The number of aliphatic hydroxyl groups excluding tert-OH is 1. The van der Waals surface area contributed by atoms with Crippen molar-refractivity contribution in [3.63, 3.8) is 0 Å². The molecule has 2 heterocycles. The van der Waals surface area contributed by atoms with Crippen LogP contribution < -0.4 is 4.90 Å². The van der Waals surface area contributed by atoms with Crippen LogP contribution in [0.4, 0.5) is 10.7 Å². The standard InChI is InChI=1S/C10H14N2O4S2/c1-7(13)9-6-8(12(14)15)10(17-9)11-2-4-18(16)5-3-11/h6-7,13H,2-5H2,1H3/t7-/m1/s1. The monoisotopic (exact) mass is 290 g/mol. The molecule has 0 aromatic carbocycles. The topological polar surface area (TPSA) is 83.7 Å². The zero-order valence-electron chi connectivity index (χ0n) is 9.87. The number of hydrogen-bond acceptors (Lipinski definition) is 6.